The summed E-state index contributed by atoms with van der Waals surface area (Å²) in [6, 6.07) is 10.3. The Kier molecular flexibility index (Phi) is 3.09. The van der Waals surface area contributed by atoms with E-state index in [4.69, 9.17) is 5.73 Å². The second-order valence-corrected chi connectivity index (χ2v) is 5.44. The van der Waals surface area contributed by atoms with Crippen LogP contribution in [0.25, 0.3) is 0 Å². The van der Waals surface area contributed by atoms with Gasteiger partial charge in [0.05, 0.1) is 12.1 Å². The second kappa shape index (κ2) is 4.40. The number of nitrogens with two attached hydrogens (primary N) is 1. The van der Waals surface area contributed by atoms with E-state index in [1.807, 2.05) is 18.2 Å². The summed E-state index contributed by atoms with van der Waals surface area (Å²) in [6.45, 7) is 7.50. The summed E-state index contributed by atoms with van der Waals surface area (Å²) in [5, 5.41) is 0. The van der Waals surface area contributed by atoms with Crippen LogP contribution in [0.1, 0.15) is 27.2 Å². The Labute approximate surface area is 103 Å². The third-order valence-electron chi connectivity index (χ3n) is 3.21. The molecule has 17 heavy (non-hydrogen) atoms. The van der Waals surface area contributed by atoms with Gasteiger partial charge in [0.15, 0.2) is 5.96 Å². The van der Waals surface area contributed by atoms with Gasteiger partial charge in [0.25, 0.3) is 0 Å². The molecule has 3 heteroatoms. The van der Waals surface area contributed by atoms with E-state index in [-0.39, 0.29) is 5.54 Å². The lowest BCUT2D eigenvalue weighted by Crippen LogP contribution is -2.50. The molecule has 92 valence electrons. The number of hydrogen-bond donors (Lipinski definition) is 1. The van der Waals surface area contributed by atoms with E-state index in [1.54, 1.807) is 0 Å². The number of para-hydroxylation sites is 1. The minimum atomic E-state index is 0.0135. The van der Waals surface area contributed by atoms with Crippen molar-refractivity contribution in [2.75, 3.05) is 11.4 Å². The molecule has 1 atom stereocenters. The van der Waals surface area contributed by atoms with Gasteiger partial charge >= 0.3 is 0 Å². The average Bonchev–Trinajstić information content (AvgIpc) is 2.54. The first-order valence-corrected chi connectivity index (χ1v) is 6.18. The van der Waals surface area contributed by atoms with Gasteiger partial charge in [-0.2, -0.15) is 0 Å². The van der Waals surface area contributed by atoms with Crippen molar-refractivity contribution in [2.45, 2.75) is 32.7 Å². The predicted molar refractivity (Wildman–Crippen MR) is 73.3 cm³/mol. The van der Waals surface area contributed by atoms with Crippen molar-refractivity contribution in [1.29, 1.82) is 0 Å². The fraction of sp³-hybridized carbons (Fsp3) is 0.500. The fourth-order valence-corrected chi connectivity index (χ4v) is 2.73. The van der Waals surface area contributed by atoms with Crippen LogP contribution in [0.4, 0.5) is 5.69 Å². The van der Waals surface area contributed by atoms with E-state index < -0.39 is 0 Å². The molecule has 1 aromatic rings. The predicted octanol–water partition coefficient (Wildman–Crippen LogP) is 2.63. The summed E-state index contributed by atoms with van der Waals surface area (Å²) < 4.78 is 0. The Morgan fingerprint density at radius 1 is 1.35 bits per heavy atom. The van der Waals surface area contributed by atoms with Crippen molar-refractivity contribution in [3.8, 4) is 0 Å². The molecular weight excluding hydrogens is 210 g/mol. The monoisotopic (exact) mass is 231 g/mol. The third-order valence-corrected chi connectivity index (χ3v) is 3.21. The highest BCUT2D eigenvalue weighted by Crippen LogP contribution is 2.33. The van der Waals surface area contributed by atoms with Crippen molar-refractivity contribution in [1.82, 2.24) is 0 Å². The van der Waals surface area contributed by atoms with Gasteiger partial charge in [-0.1, -0.05) is 32.0 Å². The van der Waals surface area contributed by atoms with Gasteiger partial charge in [-0.05, 0) is 31.4 Å². The average molecular weight is 231 g/mol. The maximum absolute atomic E-state index is 6.04. The quantitative estimate of drug-likeness (QED) is 0.869. The first kappa shape index (κ1) is 12.0. The van der Waals surface area contributed by atoms with E-state index >= 15 is 0 Å². The molecule has 1 aliphatic heterocycles. The minimum absolute atomic E-state index is 0.0135. The Balaban J connectivity index is 2.32. The SMILES string of the molecule is CC(C)CC1(C)CN=C(N)N1c1ccccc1. The molecule has 1 aliphatic rings. The zero-order valence-electron chi connectivity index (χ0n) is 10.9. The Bertz CT molecular complexity index is 411. The van der Waals surface area contributed by atoms with Crippen LogP contribution in [-0.4, -0.2) is 18.0 Å². The second-order valence-electron chi connectivity index (χ2n) is 5.44. The van der Waals surface area contributed by atoms with Crippen molar-refractivity contribution < 1.29 is 0 Å². The molecule has 0 radical (unpaired) electrons. The number of anilines is 1. The lowest BCUT2D eigenvalue weighted by atomic mass is 9.89. The fourth-order valence-electron chi connectivity index (χ4n) is 2.73. The van der Waals surface area contributed by atoms with Crippen LogP contribution in [0.15, 0.2) is 35.3 Å². The highest BCUT2D eigenvalue weighted by atomic mass is 15.4. The number of rotatable bonds is 3. The summed E-state index contributed by atoms with van der Waals surface area (Å²) in [6.07, 6.45) is 1.09. The van der Waals surface area contributed by atoms with Crippen LogP contribution >= 0.6 is 0 Å². The number of hydrogen-bond acceptors (Lipinski definition) is 3. The summed E-state index contributed by atoms with van der Waals surface area (Å²) in [4.78, 5) is 6.59. The van der Waals surface area contributed by atoms with Gasteiger partial charge in [0, 0.05) is 5.69 Å². The first-order valence-electron chi connectivity index (χ1n) is 6.18. The molecule has 0 bridgehead atoms. The third kappa shape index (κ3) is 2.28. The topological polar surface area (TPSA) is 41.6 Å². The molecule has 0 amide bonds. The van der Waals surface area contributed by atoms with Crippen LogP contribution in [0.2, 0.25) is 0 Å². The lowest BCUT2D eigenvalue weighted by molar-refractivity contribution is 0.392. The zero-order chi connectivity index (χ0) is 12.5. The van der Waals surface area contributed by atoms with Gasteiger partial charge < -0.3 is 10.6 Å². The van der Waals surface area contributed by atoms with Gasteiger partial charge in [0.1, 0.15) is 0 Å². The normalized spacial score (nSPS) is 24.2. The van der Waals surface area contributed by atoms with Crippen molar-refractivity contribution in [3.05, 3.63) is 30.3 Å². The molecular formula is C14H21N3. The molecule has 0 saturated heterocycles. The standard InChI is InChI=1S/C14H21N3/c1-11(2)9-14(3)10-16-13(15)17(14)12-7-5-4-6-8-12/h4-8,11H,9-10H2,1-3H3,(H2,15,16). The number of nitrogens with zero attached hydrogens (tertiary/aromatic N) is 2. The molecule has 0 fully saturated rings. The van der Waals surface area contributed by atoms with Gasteiger partial charge in [-0.3, -0.25) is 4.99 Å². The van der Waals surface area contributed by atoms with Gasteiger partial charge in [-0.25, -0.2) is 0 Å². The highest BCUT2D eigenvalue weighted by Gasteiger charge is 2.39. The van der Waals surface area contributed by atoms with Crippen LogP contribution in [0.5, 0.6) is 0 Å². The molecule has 3 nitrogen and oxygen atoms in total. The Morgan fingerprint density at radius 2 is 2.00 bits per heavy atom. The molecule has 1 aromatic carbocycles. The molecule has 2 N–H and O–H groups in total. The summed E-state index contributed by atoms with van der Waals surface area (Å²) in [5.41, 5.74) is 7.19. The van der Waals surface area contributed by atoms with E-state index in [1.165, 1.54) is 0 Å². The minimum Gasteiger partial charge on any atom is -0.369 e. The van der Waals surface area contributed by atoms with E-state index in [2.05, 4.69) is 42.8 Å². The molecule has 0 saturated carbocycles. The maximum Gasteiger partial charge on any atom is 0.196 e. The zero-order valence-corrected chi connectivity index (χ0v) is 10.9. The van der Waals surface area contributed by atoms with Gasteiger partial charge in [-0.15, -0.1) is 0 Å². The Morgan fingerprint density at radius 3 is 2.59 bits per heavy atom. The molecule has 1 heterocycles. The van der Waals surface area contributed by atoms with Crippen LogP contribution in [0.3, 0.4) is 0 Å². The number of benzene rings is 1. The van der Waals surface area contributed by atoms with E-state index in [9.17, 15) is 0 Å². The lowest BCUT2D eigenvalue weighted by Gasteiger charge is -2.37. The van der Waals surface area contributed by atoms with Crippen LogP contribution in [0, 0.1) is 5.92 Å². The maximum atomic E-state index is 6.04. The molecule has 2 rings (SSSR count). The summed E-state index contributed by atoms with van der Waals surface area (Å²) >= 11 is 0. The molecule has 0 aliphatic carbocycles. The summed E-state index contributed by atoms with van der Waals surface area (Å²) in [7, 11) is 0. The first-order chi connectivity index (χ1) is 8.03. The Hall–Kier alpha value is -1.51. The number of aliphatic imine (C=N–C) groups is 1. The van der Waals surface area contributed by atoms with Crippen LogP contribution < -0.4 is 10.6 Å². The van der Waals surface area contributed by atoms with Crippen molar-refractivity contribution in [2.24, 2.45) is 16.6 Å². The van der Waals surface area contributed by atoms with Crippen molar-refractivity contribution in [3.63, 3.8) is 0 Å². The van der Waals surface area contributed by atoms with Crippen LogP contribution in [-0.2, 0) is 0 Å². The van der Waals surface area contributed by atoms with Crippen molar-refractivity contribution >= 4 is 11.6 Å². The molecule has 1 unspecified atom stereocenters. The van der Waals surface area contributed by atoms with E-state index in [0.717, 1.165) is 18.7 Å². The largest absolute Gasteiger partial charge is 0.369 e. The van der Waals surface area contributed by atoms with E-state index in [0.29, 0.717) is 11.9 Å². The van der Waals surface area contributed by atoms with Gasteiger partial charge in [0.2, 0.25) is 0 Å². The molecule has 0 aromatic heterocycles. The molecule has 0 spiro atoms. The summed E-state index contributed by atoms with van der Waals surface area (Å²) in [5.74, 6) is 1.27. The smallest absolute Gasteiger partial charge is 0.196 e. The number of guanidine groups is 1. The highest BCUT2D eigenvalue weighted by molar-refractivity contribution is 5.98.